The van der Waals surface area contributed by atoms with E-state index in [1.165, 1.54) is 39.0 Å². The van der Waals surface area contributed by atoms with Crippen LogP contribution in [0.15, 0.2) is 45.6 Å². The predicted octanol–water partition coefficient (Wildman–Crippen LogP) is 9.70. The summed E-state index contributed by atoms with van der Waals surface area (Å²) in [7, 11) is 0. The molecule has 0 heterocycles. The molecule has 0 saturated carbocycles. The third kappa shape index (κ3) is 69.5. The fourth-order valence-electron chi connectivity index (χ4n) is 0. The fourth-order valence-corrected chi connectivity index (χ4v) is 0. The Morgan fingerprint density at radius 2 is 0.375 bits per heavy atom. The fraction of sp³-hybridized carbons (Fsp3) is 0.667. The Morgan fingerprint density at radius 1 is 0.333 bits per heavy atom. The van der Waals surface area contributed by atoms with Crippen molar-refractivity contribution < 1.29 is 0 Å². The summed E-state index contributed by atoms with van der Waals surface area (Å²) in [4.78, 5) is 0. The first kappa shape index (κ1) is 34.3. The van der Waals surface area contributed by atoms with Crippen molar-refractivity contribution in [2.75, 3.05) is 0 Å². The zero-order valence-electron chi connectivity index (χ0n) is 20.2. The Labute approximate surface area is 156 Å². The second kappa shape index (κ2) is 24.2. The normalized spacial score (nSPS) is 7.33. The highest BCUT2D eigenvalue weighted by Crippen LogP contribution is 1.98. The van der Waals surface area contributed by atoms with Crippen molar-refractivity contribution in [2.45, 2.75) is 111 Å². The highest BCUT2D eigenvalue weighted by Gasteiger charge is 1.76. The molecule has 0 N–H and O–H groups in total. The van der Waals surface area contributed by atoms with Crippen LogP contribution in [-0.2, 0) is 0 Å². The molecule has 0 aliphatic rings. The minimum absolute atomic E-state index is 1.17. The maximum absolute atomic E-state index is 3.56. The average molecular weight is 339 g/mol. The first-order valence-electron chi connectivity index (χ1n) is 9.10. The summed E-state index contributed by atoms with van der Waals surface area (Å²) in [5, 5.41) is 0. The van der Waals surface area contributed by atoms with Crippen molar-refractivity contribution in [1.82, 2.24) is 0 Å². The van der Waals surface area contributed by atoms with Gasteiger partial charge in [-0.2, -0.15) is 0 Å². The molecule has 0 saturated heterocycles. The van der Waals surface area contributed by atoms with E-state index in [1.54, 1.807) is 0 Å². The molecular weight excluding hydrogens is 288 g/mol. The molecule has 0 aliphatic heterocycles. The number of rotatable bonds is 0. The van der Waals surface area contributed by atoms with Gasteiger partial charge in [0.1, 0.15) is 0 Å². The summed E-state index contributed by atoms with van der Waals surface area (Å²) in [5.74, 6) is 0. The third-order valence-corrected chi connectivity index (χ3v) is 3.00. The molecule has 0 spiro atoms. The Balaban J connectivity index is -0.0000000652. The van der Waals surface area contributed by atoms with Crippen molar-refractivity contribution in [3.63, 3.8) is 0 Å². The lowest BCUT2D eigenvalue weighted by Gasteiger charge is -1.88. The van der Waals surface area contributed by atoms with Gasteiger partial charge in [0, 0.05) is 0 Å². The lowest BCUT2D eigenvalue weighted by Crippen LogP contribution is -1.66. The van der Waals surface area contributed by atoms with Gasteiger partial charge in [0.15, 0.2) is 0 Å². The van der Waals surface area contributed by atoms with Crippen LogP contribution in [0.1, 0.15) is 111 Å². The molecule has 0 nitrogen and oxygen atoms in total. The molecule has 0 radical (unpaired) electrons. The quantitative estimate of drug-likeness (QED) is 0.385. The van der Waals surface area contributed by atoms with Crippen LogP contribution >= 0.6 is 0 Å². The van der Waals surface area contributed by atoms with Gasteiger partial charge in [-0.3, -0.25) is 0 Å². The molecule has 0 aliphatic carbocycles. The molecule has 0 amide bonds. The number of allylic oxidation sites excluding steroid dienone is 7. The summed E-state index contributed by atoms with van der Waals surface area (Å²) < 4.78 is 0. The van der Waals surface area contributed by atoms with Crippen molar-refractivity contribution in [3.8, 4) is 0 Å². The highest BCUT2D eigenvalue weighted by molar-refractivity contribution is 5.03. The van der Waals surface area contributed by atoms with Gasteiger partial charge in [-0.05, 0) is 96.9 Å². The molecule has 0 bridgehead atoms. The van der Waals surface area contributed by atoms with Crippen molar-refractivity contribution in [2.24, 2.45) is 0 Å². The third-order valence-electron chi connectivity index (χ3n) is 3.00. The zero-order valence-corrected chi connectivity index (χ0v) is 20.2. The van der Waals surface area contributed by atoms with Gasteiger partial charge in [0.25, 0.3) is 0 Å². The SMILES string of the molecule is C=C(C)C.CC.CC(C)=C(C)C.CC(C)=C(C)C.CC(C)=C(C)C. The van der Waals surface area contributed by atoms with E-state index in [9.17, 15) is 0 Å². The first-order chi connectivity index (χ1) is 10.7. The minimum atomic E-state index is 1.17. The van der Waals surface area contributed by atoms with Crippen molar-refractivity contribution >= 4 is 0 Å². The summed E-state index contributed by atoms with van der Waals surface area (Å²) in [6.07, 6.45) is 0. The van der Waals surface area contributed by atoms with Crippen LogP contribution in [0, 0.1) is 0 Å². The smallest absolute Gasteiger partial charge is 0.0440 e. The van der Waals surface area contributed by atoms with E-state index in [0.717, 1.165) is 0 Å². The summed E-state index contributed by atoms with van der Waals surface area (Å²) in [6, 6.07) is 0. The van der Waals surface area contributed by atoms with E-state index in [4.69, 9.17) is 0 Å². The van der Waals surface area contributed by atoms with Crippen LogP contribution in [-0.4, -0.2) is 0 Å². The van der Waals surface area contributed by atoms with Gasteiger partial charge in [0.2, 0.25) is 0 Å². The van der Waals surface area contributed by atoms with Crippen LogP contribution in [0.4, 0.5) is 0 Å². The molecule has 0 rings (SSSR count). The molecule has 0 atom stereocenters. The lowest BCUT2D eigenvalue weighted by molar-refractivity contribution is 1.23. The van der Waals surface area contributed by atoms with Crippen LogP contribution in [0.2, 0.25) is 0 Å². The summed E-state index contributed by atoms with van der Waals surface area (Å²) >= 11 is 0. The van der Waals surface area contributed by atoms with E-state index in [-0.39, 0.29) is 0 Å². The van der Waals surface area contributed by atoms with Crippen LogP contribution in [0.3, 0.4) is 0 Å². The van der Waals surface area contributed by atoms with E-state index in [0.29, 0.717) is 0 Å². The Hall–Kier alpha value is -1.04. The highest BCUT2D eigenvalue weighted by atomic mass is 13.8. The molecular formula is C24H50. The van der Waals surface area contributed by atoms with Gasteiger partial charge >= 0.3 is 0 Å². The predicted molar refractivity (Wildman–Crippen MR) is 121 cm³/mol. The van der Waals surface area contributed by atoms with E-state index in [2.05, 4.69) is 89.7 Å². The Morgan fingerprint density at radius 3 is 0.375 bits per heavy atom. The Kier molecular flexibility index (Phi) is 34.6. The lowest BCUT2D eigenvalue weighted by atomic mass is 10.2. The number of hydrogen-bond acceptors (Lipinski definition) is 0. The van der Waals surface area contributed by atoms with Gasteiger partial charge in [-0.1, -0.05) is 52.9 Å². The molecule has 0 aromatic rings. The molecule has 0 aromatic heterocycles. The summed E-state index contributed by atoms with van der Waals surface area (Å²) in [5.41, 5.74) is 9.72. The van der Waals surface area contributed by atoms with Crippen LogP contribution in [0.25, 0.3) is 0 Å². The molecule has 0 heteroatoms. The van der Waals surface area contributed by atoms with Gasteiger partial charge in [0.05, 0.1) is 0 Å². The molecule has 24 heavy (non-hydrogen) atoms. The van der Waals surface area contributed by atoms with Crippen LogP contribution < -0.4 is 0 Å². The van der Waals surface area contributed by atoms with Crippen molar-refractivity contribution in [1.29, 1.82) is 0 Å². The van der Waals surface area contributed by atoms with Gasteiger partial charge in [-0.25, -0.2) is 0 Å². The maximum Gasteiger partial charge on any atom is -0.0440 e. The largest absolute Gasteiger partial charge is 0.100 e. The topological polar surface area (TPSA) is 0 Å². The average Bonchev–Trinajstić information content (AvgIpc) is 2.41. The zero-order chi connectivity index (χ0) is 21.0. The van der Waals surface area contributed by atoms with Crippen molar-refractivity contribution in [3.05, 3.63) is 45.6 Å². The van der Waals surface area contributed by atoms with Gasteiger partial charge < -0.3 is 0 Å². The number of hydrogen-bond donors (Lipinski definition) is 0. The summed E-state index contributed by atoms with van der Waals surface area (Å²) in [6.45, 7) is 36.9. The van der Waals surface area contributed by atoms with E-state index < -0.39 is 0 Å². The first-order valence-corrected chi connectivity index (χ1v) is 9.10. The second-order valence-corrected chi connectivity index (χ2v) is 7.21. The monoisotopic (exact) mass is 338 g/mol. The maximum atomic E-state index is 3.56. The Bertz CT molecular complexity index is 274. The molecule has 0 fully saturated rings. The minimum Gasteiger partial charge on any atom is -0.100 e. The van der Waals surface area contributed by atoms with Gasteiger partial charge in [-0.15, -0.1) is 6.58 Å². The second-order valence-electron chi connectivity index (χ2n) is 7.21. The van der Waals surface area contributed by atoms with Crippen LogP contribution in [0.5, 0.6) is 0 Å². The molecule has 146 valence electrons. The standard InChI is InChI=1S/3C6H12.C4H8.C2H6/c3*1-5(2)6(3)4;1-4(2)3;1-2/h3*1-4H3;1H2,2-3H3;1-2H3. The van der Waals surface area contributed by atoms with E-state index in [1.807, 2.05) is 27.7 Å². The molecule has 0 unspecified atom stereocenters. The molecule has 0 aromatic carbocycles. The van der Waals surface area contributed by atoms with E-state index >= 15 is 0 Å².